The number of carbonyl (C=O) groups is 2. The number of thioether (sulfide) groups is 1. The molecule has 0 aromatic heterocycles. The zero-order valence-electron chi connectivity index (χ0n) is 16.8. The van der Waals surface area contributed by atoms with Crippen LogP contribution in [0.2, 0.25) is 0 Å². The van der Waals surface area contributed by atoms with Crippen molar-refractivity contribution in [3.63, 3.8) is 0 Å². The minimum Gasteiger partial charge on any atom is -0.497 e. The Morgan fingerprint density at radius 2 is 1.83 bits per heavy atom. The third-order valence-corrected chi connectivity index (χ3v) is 6.15. The van der Waals surface area contributed by atoms with Crippen molar-refractivity contribution in [2.75, 3.05) is 23.1 Å². The average Bonchev–Trinajstić information content (AvgIpc) is 3.16. The second-order valence-electron chi connectivity index (χ2n) is 7.07. The summed E-state index contributed by atoms with van der Waals surface area (Å²) < 4.78 is 5.19. The largest absolute Gasteiger partial charge is 0.497 e. The summed E-state index contributed by atoms with van der Waals surface area (Å²) in [7, 11) is 1.57. The number of carbonyl (C=O) groups excluding carboxylic acids is 2. The molecule has 0 unspecified atom stereocenters. The van der Waals surface area contributed by atoms with Crippen LogP contribution in [-0.4, -0.2) is 24.7 Å². The number of amides is 2. The molecule has 6 heteroatoms. The molecular formula is C24H22N2O3S. The number of methoxy groups -OCH3 is 1. The Morgan fingerprint density at radius 3 is 2.60 bits per heavy atom. The summed E-state index contributed by atoms with van der Waals surface area (Å²) in [5.41, 5.74) is 4.20. The number of anilines is 2. The number of nitrogens with zero attached hydrogens (tertiary/aromatic N) is 1. The predicted octanol–water partition coefficient (Wildman–Crippen LogP) is 5.03. The van der Waals surface area contributed by atoms with Gasteiger partial charge in [0.05, 0.1) is 12.9 Å². The van der Waals surface area contributed by atoms with Crippen LogP contribution >= 0.6 is 11.8 Å². The molecule has 1 aliphatic rings. The zero-order valence-corrected chi connectivity index (χ0v) is 17.6. The smallest absolute Gasteiger partial charge is 0.255 e. The van der Waals surface area contributed by atoms with Crippen molar-refractivity contribution < 1.29 is 14.3 Å². The Hall–Kier alpha value is -3.25. The summed E-state index contributed by atoms with van der Waals surface area (Å²) in [6.45, 7) is 2.02. The standard InChI is InChI=1S/C24H22N2O3S/c1-16-9-11-20(12-10-16)26-22(27)15-30-24(26)18-6-3-7-19(13-18)25-23(28)17-5-4-8-21(14-17)29-2/h3-14,24H,15H2,1-2H3,(H,25,28)/t24-/m0/s1. The Morgan fingerprint density at radius 1 is 1.07 bits per heavy atom. The van der Waals surface area contributed by atoms with Crippen molar-refractivity contribution in [2.45, 2.75) is 12.3 Å². The van der Waals surface area contributed by atoms with Gasteiger partial charge in [-0.3, -0.25) is 14.5 Å². The molecule has 1 saturated heterocycles. The molecule has 0 aliphatic carbocycles. The first-order chi connectivity index (χ1) is 14.5. The third-order valence-electron chi connectivity index (χ3n) is 4.94. The van der Waals surface area contributed by atoms with Gasteiger partial charge in [-0.15, -0.1) is 11.8 Å². The van der Waals surface area contributed by atoms with Crippen LogP contribution in [-0.2, 0) is 4.79 Å². The summed E-state index contributed by atoms with van der Waals surface area (Å²) in [5.74, 6) is 0.932. The van der Waals surface area contributed by atoms with Crippen molar-refractivity contribution in [1.29, 1.82) is 0 Å². The van der Waals surface area contributed by atoms with E-state index in [2.05, 4.69) is 5.32 Å². The second kappa shape index (κ2) is 8.63. The monoisotopic (exact) mass is 418 g/mol. The van der Waals surface area contributed by atoms with Crippen LogP contribution in [0.15, 0.2) is 72.8 Å². The normalized spacial score (nSPS) is 15.9. The highest BCUT2D eigenvalue weighted by Gasteiger charge is 2.34. The van der Waals surface area contributed by atoms with Crippen molar-refractivity contribution >= 4 is 35.0 Å². The molecule has 1 N–H and O–H groups in total. The van der Waals surface area contributed by atoms with E-state index in [1.165, 1.54) is 0 Å². The summed E-state index contributed by atoms with van der Waals surface area (Å²) in [5, 5.41) is 2.81. The number of hydrogen-bond donors (Lipinski definition) is 1. The van der Waals surface area contributed by atoms with E-state index in [-0.39, 0.29) is 17.2 Å². The zero-order chi connectivity index (χ0) is 21.1. The Kier molecular flexibility index (Phi) is 5.77. The van der Waals surface area contributed by atoms with E-state index in [4.69, 9.17) is 4.74 Å². The molecule has 1 atom stereocenters. The van der Waals surface area contributed by atoms with Crippen molar-refractivity contribution in [3.8, 4) is 5.75 Å². The summed E-state index contributed by atoms with van der Waals surface area (Å²) in [6, 6.07) is 22.6. The third kappa shape index (κ3) is 4.19. The lowest BCUT2D eigenvalue weighted by Gasteiger charge is -2.25. The molecule has 2 amide bonds. The number of aryl methyl sites for hydroxylation is 1. The van der Waals surface area contributed by atoms with Crippen LogP contribution in [0.4, 0.5) is 11.4 Å². The highest BCUT2D eigenvalue weighted by Crippen LogP contribution is 2.42. The lowest BCUT2D eigenvalue weighted by atomic mass is 10.1. The van der Waals surface area contributed by atoms with Gasteiger partial charge in [0.25, 0.3) is 5.91 Å². The van der Waals surface area contributed by atoms with Gasteiger partial charge in [0.15, 0.2) is 0 Å². The quantitative estimate of drug-likeness (QED) is 0.631. The fraction of sp³-hybridized carbons (Fsp3) is 0.167. The van der Waals surface area contributed by atoms with E-state index in [0.717, 1.165) is 16.8 Å². The van der Waals surface area contributed by atoms with Gasteiger partial charge in [0.1, 0.15) is 11.1 Å². The van der Waals surface area contributed by atoms with Crippen molar-refractivity contribution in [3.05, 3.63) is 89.5 Å². The highest BCUT2D eigenvalue weighted by molar-refractivity contribution is 8.00. The van der Waals surface area contributed by atoms with Gasteiger partial charge in [0.2, 0.25) is 5.91 Å². The first-order valence-electron chi connectivity index (χ1n) is 9.61. The van der Waals surface area contributed by atoms with E-state index in [1.807, 2.05) is 60.4 Å². The first-order valence-corrected chi connectivity index (χ1v) is 10.7. The van der Waals surface area contributed by atoms with Crippen LogP contribution in [0.5, 0.6) is 5.75 Å². The molecule has 1 heterocycles. The van der Waals surface area contributed by atoms with E-state index >= 15 is 0 Å². The van der Waals surface area contributed by atoms with Gasteiger partial charge in [-0.2, -0.15) is 0 Å². The van der Waals surface area contributed by atoms with Gasteiger partial charge >= 0.3 is 0 Å². The van der Waals surface area contributed by atoms with Gasteiger partial charge in [-0.25, -0.2) is 0 Å². The van der Waals surface area contributed by atoms with E-state index in [9.17, 15) is 9.59 Å². The second-order valence-corrected chi connectivity index (χ2v) is 8.14. The molecule has 152 valence electrons. The summed E-state index contributed by atoms with van der Waals surface area (Å²) in [4.78, 5) is 27.0. The molecule has 4 rings (SSSR count). The molecule has 1 aliphatic heterocycles. The predicted molar refractivity (Wildman–Crippen MR) is 121 cm³/mol. The molecule has 0 bridgehead atoms. The molecule has 3 aromatic rings. The first kappa shape index (κ1) is 20.0. The maximum Gasteiger partial charge on any atom is 0.255 e. The van der Waals surface area contributed by atoms with E-state index in [0.29, 0.717) is 22.8 Å². The number of nitrogens with one attached hydrogen (secondary N) is 1. The highest BCUT2D eigenvalue weighted by atomic mass is 32.2. The number of rotatable bonds is 5. The van der Waals surface area contributed by atoms with Gasteiger partial charge in [-0.05, 0) is 55.0 Å². The molecule has 0 radical (unpaired) electrons. The summed E-state index contributed by atoms with van der Waals surface area (Å²) in [6.07, 6.45) is 0. The van der Waals surface area contributed by atoms with Crippen LogP contribution < -0.4 is 15.0 Å². The molecule has 3 aromatic carbocycles. The molecular weight excluding hydrogens is 396 g/mol. The maximum absolute atomic E-state index is 12.6. The number of hydrogen-bond acceptors (Lipinski definition) is 4. The minimum absolute atomic E-state index is 0.0830. The van der Waals surface area contributed by atoms with Gasteiger partial charge in [-0.1, -0.05) is 35.9 Å². The van der Waals surface area contributed by atoms with Gasteiger partial charge < -0.3 is 10.1 Å². The molecule has 5 nitrogen and oxygen atoms in total. The molecule has 0 spiro atoms. The Labute approximate surface area is 180 Å². The van der Waals surface area contributed by atoms with Gasteiger partial charge in [0, 0.05) is 16.9 Å². The Balaban J connectivity index is 1.57. The number of ether oxygens (including phenoxy) is 1. The Bertz CT molecular complexity index is 1080. The van der Waals surface area contributed by atoms with Crippen LogP contribution in [0.3, 0.4) is 0 Å². The fourth-order valence-corrected chi connectivity index (χ4v) is 4.56. The van der Waals surface area contributed by atoms with E-state index < -0.39 is 0 Å². The van der Waals surface area contributed by atoms with Crippen molar-refractivity contribution in [2.24, 2.45) is 0 Å². The van der Waals surface area contributed by atoms with Crippen LogP contribution in [0.25, 0.3) is 0 Å². The fourth-order valence-electron chi connectivity index (χ4n) is 3.39. The van der Waals surface area contributed by atoms with E-state index in [1.54, 1.807) is 43.1 Å². The van der Waals surface area contributed by atoms with Crippen LogP contribution in [0.1, 0.15) is 26.9 Å². The molecule has 0 saturated carbocycles. The van der Waals surface area contributed by atoms with Crippen molar-refractivity contribution in [1.82, 2.24) is 0 Å². The number of benzene rings is 3. The topological polar surface area (TPSA) is 58.6 Å². The SMILES string of the molecule is COc1cccc(C(=O)Nc2cccc([C@@H]3SCC(=O)N3c3ccc(C)cc3)c2)c1. The van der Waals surface area contributed by atoms with Crippen LogP contribution in [0, 0.1) is 6.92 Å². The summed E-state index contributed by atoms with van der Waals surface area (Å²) >= 11 is 1.59. The molecule has 30 heavy (non-hydrogen) atoms. The maximum atomic E-state index is 12.6. The average molecular weight is 419 g/mol. The minimum atomic E-state index is -0.211. The lowest BCUT2D eigenvalue weighted by molar-refractivity contribution is -0.115. The molecule has 1 fully saturated rings. The lowest BCUT2D eigenvalue weighted by Crippen LogP contribution is -2.27.